The lowest BCUT2D eigenvalue weighted by Crippen LogP contribution is -2.52. The van der Waals surface area contributed by atoms with Crippen molar-refractivity contribution in [2.45, 2.75) is 50.0 Å². The van der Waals surface area contributed by atoms with Gasteiger partial charge in [0, 0.05) is 30.5 Å². The van der Waals surface area contributed by atoms with Crippen LogP contribution in [0.4, 0.5) is 13.6 Å². The molecular weight excluding hydrogens is 352 g/mol. The highest BCUT2D eigenvalue weighted by molar-refractivity contribution is 5.69. The topological polar surface area (TPSA) is 49.8 Å². The number of fused-ring (bicyclic) bond motifs is 2. The summed E-state index contributed by atoms with van der Waals surface area (Å²) in [5.74, 6) is -1.21. The van der Waals surface area contributed by atoms with Crippen LogP contribution in [0.2, 0.25) is 0 Å². The third kappa shape index (κ3) is 3.41. The van der Waals surface area contributed by atoms with E-state index >= 15 is 0 Å². The number of nitrogens with zero attached hydrogens (tertiary/aromatic N) is 1. The molecule has 0 saturated carbocycles. The van der Waals surface area contributed by atoms with Gasteiger partial charge in [-0.1, -0.05) is 30.3 Å². The number of piperidine rings is 1. The van der Waals surface area contributed by atoms with E-state index < -0.39 is 23.3 Å². The molecular formula is C21H21F2NO3. The molecule has 2 heterocycles. The minimum absolute atomic E-state index is 0.0308. The number of halogens is 2. The fourth-order valence-corrected chi connectivity index (χ4v) is 4.39. The molecule has 6 heteroatoms. The Morgan fingerprint density at radius 2 is 1.78 bits per heavy atom. The Hall–Kier alpha value is -2.47. The fourth-order valence-electron chi connectivity index (χ4n) is 4.39. The second-order valence-corrected chi connectivity index (χ2v) is 7.40. The van der Waals surface area contributed by atoms with Gasteiger partial charge in [0.15, 0.2) is 0 Å². The second-order valence-electron chi connectivity index (χ2n) is 7.40. The molecule has 2 aromatic carbocycles. The molecule has 2 aromatic rings. The molecule has 2 bridgehead atoms. The molecule has 0 aromatic heterocycles. The van der Waals surface area contributed by atoms with Crippen LogP contribution in [0.3, 0.4) is 0 Å². The molecule has 4 rings (SSSR count). The number of carbonyl (C=O) groups excluding carboxylic acids is 1. The minimum Gasteiger partial charge on any atom is -0.445 e. The maximum Gasteiger partial charge on any atom is 0.410 e. The van der Waals surface area contributed by atoms with Gasteiger partial charge in [0.1, 0.15) is 18.2 Å². The highest BCUT2D eigenvalue weighted by Gasteiger charge is 2.51. The summed E-state index contributed by atoms with van der Waals surface area (Å²) in [5.41, 5.74) is -0.612. The fraction of sp³-hybridized carbons (Fsp3) is 0.381. The van der Waals surface area contributed by atoms with E-state index in [1.165, 1.54) is 0 Å². The van der Waals surface area contributed by atoms with E-state index in [2.05, 4.69) is 0 Å². The Labute approximate surface area is 156 Å². The van der Waals surface area contributed by atoms with Crippen molar-refractivity contribution in [2.75, 3.05) is 0 Å². The first kappa shape index (κ1) is 17.9. The van der Waals surface area contributed by atoms with Crippen molar-refractivity contribution >= 4 is 6.09 Å². The highest BCUT2D eigenvalue weighted by atomic mass is 19.1. The van der Waals surface area contributed by atoms with Crippen molar-refractivity contribution in [3.63, 3.8) is 0 Å². The van der Waals surface area contributed by atoms with Crippen LogP contribution in [0.5, 0.6) is 0 Å². The van der Waals surface area contributed by atoms with Crippen LogP contribution >= 0.6 is 0 Å². The number of carbonyl (C=O) groups is 1. The lowest BCUT2D eigenvalue weighted by atomic mass is 9.80. The number of amides is 1. The minimum atomic E-state index is -1.48. The molecule has 2 unspecified atom stereocenters. The summed E-state index contributed by atoms with van der Waals surface area (Å²) in [6, 6.07) is 12.0. The van der Waals surface area contributed by atoms with Gasteiger partial charge in [-0.25, -0.2) is 13.6 Å². The second kappa shape index (κ2) is 6.93. The first-order valence-corrected chi connectivity index (χ1v) is 9.13. The summed E-state index contributed by atoms with van der Waals surface area (Å²) in [4.78, 5) is 14.3. The van der Waals surface area contributed by atoms with Crippen molar-refractivity contribution in [2.24, 2.45) is 0 Å². The van der Waals surface area contributed by atoms with E-state index in [0.29, 0.717) is 12.8 Å². The van der Waals surface area contributed by atoms with Crippen LogP contribution in [-0.2, 0) is 16.9 Å². The predicted molar refractivity (Wildman–Crippen MR) is 94.8 cm³/mol. The Balaban J connectivity index is 1.48. The van der Waals surface area contributed by atoms with E-state index in [1.54, 1.807) is 4.90 Å². The largest absolute Gasteiger partial charge is 0.445 e. The van der Waals surface area contributed by atoms with Crippen LogP contribution in [0.15, 0.2) is 48.5 Å². The van der Waals surface area contributed by atoms with Crippen molar-refractivity contribution in [1.29, 1.82) is 0 Å². The summed E-state index contributed by atoms with van der Waals surface area (Å²) in [5, 5.41) is 11.1. The molecule has 27 heavy (non-hydrogen) atoms. The molecule has 1 N–H and O–H groups in total. The van der Waals surface area contributed by atoms with Gasteiger partial charge in [0.2, 0.25) is 0 Å². The van der Waals surface area contributed by atoms with E-state index in [-0.39, 0.29) is 37.1 Å². The first-order chi connectivity index (χ1) is 13.0. The third-order valence-electron chi connectivity index (χ3n) is 5.61. The standard InChI is InChI=1S/C21H21F2NO3/c22-15-6-9-19(23)18(10-15)21(26)11-16-7-8-17(12-21)24(16)20(25)27-13-14-4-2-1-3-5-14/h1-6,9-10,16-17,26H,7-8,11-13H2. The Morgan fingerprint density at radius 3 is 2.44 bits per heavy atom. The zero-order valence-electron chi connectivity index (χ0n) is 14.8. The smallest absolute Gasteiger partial charge is 0.410 e. The number of hydrogen-bond donors (Lipinski definition) is 1. The lowest BCUT2D eigenvalue weighted by Gasteiger charge is -2.43. The van der Waals surface area contributed by atoms with Gasteiger partial charge in [0.05, 0.1) is 5.60 Å². The molecule has 2 aliphatic rings. The van der Waals surface area contributed by atoms with Gasteiger partial charge < -0.3 is 14.7 Å². The Bertz CT molecular complexity index is 829. The lowest BCUT2D eigenvalue weighted by molar-refractivity contribution is -0.0558. The molecule has 2 saturated heterocycles. The van der Waals surface area contributed by atoms with Gasteiger partial charge >= 0.3 is 6.09 Å². The van der Waals surface area contributed by atoms with Crippen LogP contribution in [-0.4, -0.2) is 28.2 Å². The molecule has 142 valence electrons. The number of ether oxygens (including phenoxy) is 1. The van der Waals surface area contributed by atoms with Crippen molar-refractivity contribution in [1.82, 2.24) is 4.90 Å². The normalized spacial score (nSPS) is 26.9. The SMILES string of the molecule is O=C(OCc1ccccc1)N1C2CCC1CC(O)(c1cc(F)ccc1F)C2. The zero-order valence-corrected chi connectivity index (χ0v) is 14.8. The summed E-state index contributed by atoms with van der Waals surface area (Å²) in [6.45, 7) is 0.179. The van der Waals surface area contributed by atoms with Crippen LogP contribution in [0, 0.1) is 11.6 Å². The summed E-state index contributed by atoms with van der Waals surface area (Å²) in [6.07, 6.45) is 1.34. The van der Waals surface area contributed by atoms with E-state index in [4.69, 9.17) is 4.74 Å². The number of rotatable bonds is 3. The van der Waals surface area contributed by atoms with Gasteiger partial charge in [-0.05, 0) is 36.6 Å². The maximum absolute atomic E-state index is 14.2. The van der Waals surface area contributed by atoms with Gasteiger partial charge in [0.25, 0.3) is 0 Å². The van der Waals surface area contributed by atoms with Gasteiger partial charge in [-0.2, -0.15) is 0 Å². The van der Waals surface area contributed by atoms with Crippen molar-refractivity contribution in [3.05, 3.63) is 71.3 Å². The van der Waals surface area contributed by atoms with Crippen LogP contribution in [0.1, 0.15) is 36.8 Å². The molecule has 0 spiro atoms. The highest BCUT2D eigenvalue weighted by Crippen LogP contribution is 2.46. The predicted octanol–water partition coefficient (Wildman–Crippen LogP) is 4.12. The zero-order chi connectivity index (χ0) is 19.0. The molecule has 0 aliphatic carbocycles. The molecule has 2 fully saturated rings. The average molecular weight is 373 g/mol. The third-order valence-corrected chi connectivity index (χ3v) is 5.61. The summed E-state index contributed by atoms with van der Waals surface area (Å²) >= 11 is 0. The van der Waals surface area contributed by atoms with Gasteiger partial charge in [-0.15, -0.1) is 0 Å². The monoisotopic (exact) mass is 373 g/mol. The average Bonchev–Trinajstić information content (AvgIpc) is 2.95. The molecule has 2 atom stereocenters. The molecule has 0 radical (unpaired) electrons. The van der Waals surface area contributed by atoms with E-state index in [0.717, 1.165) is 23.8 Å². The number of aliphatic hydroxyl groups is 1. The van der Waals surface area contributed by atoms with Crippen LogP contribution < -0.4 is 0 Å². The molecule has 1 amide bonds. The molecule has 2 aliphatic heterocycles. The maximum atomic E-state index is 14.2. The summed E-state index contributed by atoms with van der Waals surface area (Å²) in [7, 11) is 0. The molecule has 4 nitrogen and oxygen atoms in total. The summed E-state index contributed by atoms with van der Waals surface area (Å²) < 4.78 is 33.2. The Morgan fingerprint density at radius 1 is 1.11 bits per heavy atom. The van der Waals surface area contributed by atoms with E-state index in [9.17, 15) is 18.7 Å². The van der Waals surface area contributed by atoms with Crippen LogP contribution in [0.25, 0.3) is 0 Å². The Kier molecular flexibility index (Phi) is 4.60. The van der Waals surface area contributed by atoms with Gasteiger partial charge in [-0.3, -0.25) is 0 Å². The van der Waals surface area contributed by atoms with Crippen molar-refractivity contribution in [3.8, 4) is 0 Å². The first-order valence-electron chi connectivity index (χ1n) is 9.13. The quantitative estimate of drug-likeness (QED) is 0.881. The number of hydrogen-bond acceptors (Lipinski definition) is 3. The van der Waals surface area contributed by atoms with Crippen molar-refractivity contribution < 1.29 is 23.4 Å². The number of benzene rings is 2. The van der Waals surface area contributed by atoms with E-state index in [1.807, 2.05) is 30.3 Å².